The van der Waals surface area contributed by atoms with Crippen LogP contribution >= 0.6 is 0 Å². The van der Waals surface area contributed by atoms with E-state index in [1.807, 2.05) is 6.20 Å². The molecular formula is C47H40N4O. The number of anilines is 4. The zero-order chi connectivity index (χ0) is 35.2. The number of aromatic nitrogens is 2. The average molecular weight is 677 g/mol. The van der Waals surface area contributed by atoms with Crippen molar-refractivity contribution in [3.05, 3.63) is 175 Å². The molecule has 0 amide bonds. The number of pyridine rings is 1. The van der Waals surface area contributed by atoms with Gasteiger partial charge in [-0.05, 0) is 100 Å². The molecule has 0 radical (unpaired) electrons. The molecule has 0 N–H and O–H groups in total. The molecule has 0 aliphatic carbocycles. The summed E-state index contributed by atoms with van der Waals surface area (Å²) in [5.74, 6) is 1.72. The minimum absolute atomic E-state index is 0.00326. The van der Waals surface area contributed by atoms with Crippen molar-refractivity contribution in [2.45, 2.75) is 32.8 Å². The number of fused-ring (bicyclic) bond motifs is 4. The summed E-state index contributed by atoms with van der Waals surface area (Å²) < 4.78 is 8.86. The first-order valence-corrected chi connectivity index (χ1v) is 17.9. The van der Waals surface area contributed by atoms with Gasteiger partial charge in [0.05, 0.1) is 22.4 Å². The number of para-hydroxylation sites is 3. The van der Waals surface area contributed by atoms with Crippen LogP contribution in [0.15, 0.2) is 164 Å². The van der Waals surface area contributed by atoms with Crippen LogP contribution in [0.1, 0.15) is 31.9 Å². The van der Waals surface area contributed by atoms with Crippen LogP contribution in [0.4, 0.5) is 22.7 Å². The predicted octanol–water partition coefficient (Wildman–Crippen LogP) is 12.0. The Labute approximate surface area is 305 Å². The van der Waals surface area contributed by atoms with Crippen LogP contribution in [-0.4, -0.2) is 16.2 Å². The predicted molar refractivity (Wildman–Crippen MR) is 216 cm³/mol. The molecule has 9 rings (SSSR count). The molecule has 6 aromatic carbocycles. The van der Waals surface area contributed by atoms with Gasteiger partial charge in [0.25, 0.3) is 0 Å². The van der Waals surface area contributed by atoms with Gasteiger partial charge in [-0.15, -0.1) is 0 Å². The van der Waals surface area contributed by atoms with Gasteiger partial charge in [-0.2, -0.15) is 0 Å². The minimum Gasteiger partial charge on any atom is -0.489 e. The minimum atomic E-state index is -0.00326. The van der Waals surface area contributed by atoms with Gasteiger partial charge >= 0.3 is 0 Å². The van der Waals surface area contributed by atoms with Crippen LogP contribution in [-0.2, 0) is 12.0 Å². The molecule has 254 valence electrons. The molecule has 0 atom stereocenters. The average Bonchev–Trinajstić information content (AvgIpc) is 3.73. The van der Waals surface area contributed by atoms with Gasteiger partial charge in [0, 0.05) is 34.4 Å². The van der Waals surface area contributed by atoms with Crippen molar-refractivity contribution in [2.75, 3.05) is 16.5 Å². The Morgan fingerprint density at radius 2 is 1.29 bits per heavy atom. The molecule has 52 heavy (non-hydrogen) atoms. The van der Waals surface area contributed by atoms with Crippen molar-refractivity contribution in [3.8, 4) is 22.7 Å². The summed E-state index contributed by atoms with van der Waals surface area (Å²) in [6.07, 6.45) is 1.93. The third-order valence-electron chi connectivity index (χ3n) is 10.1. The fourth-order valence-corrected chi connectivity index (χ4v) is 7.40. The summed E-state index contributed by atoms with van der Waals surface area (Å²) in [6, 6.07) is 56.0. The lowest BCUT2D eigenvalue weighted by atomic mass is 9.88. The van der Waals surface area contributed by atoms with Crippen molar-refractivity contribution in [2.24, 2.45) is 0 Å². The summed E-state index contributed by atoms with van der Waals surface area (Å²) >= 11 is 0. The van der Waals surface area contributed by atoms with Crippen molar-refractivity contribution in [3.63, 3.8) is 0 Å². The van der Waals surface area contributed by atoms with Crippen LogP contribution in [0.2, 0.25) is 0 Å². The van der Waals surface area contributed by atoms with E-state index < -0.39 is 0 Å². The Kier molecular flexibility index (Phi) is 7.77. The first-order valence-electron chi connectivity index (χ1n) is 17.9. The first-order chi connectivity index (χ1) is 25.4. The summed E-state index contributed by atoms with van der Waals surface area (Å²) in [4.78, 5) is 9.64. The lowest BCUT2D eigenvalue weighted by molar-refractivity contribution is 0.306. The standard InChI is InChI=1S/C47H40N4O/c1-47(2,3)36-25-26-48-46(29-36)51-42-24-21-35(34-14-6-4-7-15-34)28-41(42)40-23-22-39(30-45(40)51)52-31-33-13-12-18-38(27-33)50-32-49(37-16-8-5-9-17-37)43-19-10-11-20-44(43)50/h4-30H,31-32H2,1-3H3. The SMILES string of the molecule is CC(C)(C)c1ccnc(-n2c3ccc(-c4ccccc4)cc3c3ccc(OCc4cccc(N5CN(c6ccccc6)c6ccccc65)c4)cc32)c1. The summed E-state index contributed by atoms with van der Waals surface area (Å²) in [5, 5.41) is 2.36. The molecule has 0 saturated carbocycles. The fraction of sp³-hybridized carbons (Fsp3) is 0.128. The van der Waals surface area contributed by atoms with Gasteiger partial charge in [-0.25, -0.2) is 4.98 Å². The van der Waals surface area contributed by atoms with Crippen LogP contribution < -0.4 is 14.5 Å². The quantitative estimate of drug-likeness (QED) is 0.168. The molecule has 0 unspecified atom stereocenters. The van der Waals surface area contributed by atoms with Crippen LogP contribution in [0.3, 0.4) is 0 Å². The molecule has 0 saturated heterocycles. The third kappa shape index (κ3) is 5.74. The normalized spacial score (nSPS) is 12.8. The van der Waals surface area contributed by atoms with Crippen molar-refractivity contribution < 1.29 is 4.74 Å². The third-order valence-corrected chi connectivity index (χ3v) is 10.1. The second-order valence-corrected chi connectivity index (χ2v) is 14.5. The van der Waals surface area contributed by atoms with Gasteiger partial charge in [0.15, 0.2) is 0 Å². The number of benzene rings is 6. The van der Waals surface area contributed by atoms with Crippen LogP contribution in [0.5, 0.6) is 5.75 Å². The Morgan fingerprint density at radius 3 is 2.06 bits per heavy atom. The molecule has 1 aliphatic rings. The first kappa shape index (κ1) is 31.6. The Bertz CT molecular complexity index is 2550. The molecule has 1 aliphatic heterocycles. The highest BCUT2D eigenvalue weighted by Crippen LogP contribution is 2.44. The van der Waals surface area contributed by atoms with E-state index in [-0.39, 0.29) is 5.41 Å². The highest BCUT2D eigenvalue weighted by atomic mass is 16.5. The van der Waals surface area contributed by atoms with Crippen molar-refractivity contribution in [1.29, 1.82) is 0 Å². The number of ether oxygens (including phenoxy) is 1. The number of hydrogen-bond acceptors (Lipinski definition) is 4. The number of rotatable bonds is 7. The molecule has 0 spiro atoms. The van der Waals surface area contributed by atoms with E-state index in [1.165, 1.54) is 44.5 Å². The van der Waals surface area contributed by atoms with Gasteiger partial charge in [-0.3, -0.25) is 4.57 Å². The van der Waals surface area contributed by atoms with E-state index in [4.69, 9.17) is 9.72 Å². The van der Waals surface area contributed by atoms with Gasteiger partial charge in [0.1, 0.15) is 24.8 Å². The largest absolute Gasteiger partial charge is 0.489 e. The Morgan fingerprint density at radius 1 is 0.577 bits per heavy atom. The Balaban J connectivity index is 1.06. The summed E-state index contributed by atoms with van der Waals surface area (Å²) in [5.41, 5.74) is 11.7. The van der Waals surface area contributed by atoms with Crippen molar-refractivity contribution in [1.82, 2.24) is 9.55 Å². The maximum Gasteiger partial charge on any atom is 0.137 e. The topological polar surface area (TPSA) is 33.5 Å². The number of hydrogen-bond donors (Lipinski definition) is 0. The Hall–Kier alpha value is -6.33. The highest BCUT2D eigenvalue weighted by Gasteiger charge is 2.27. The van der Waals surface area contributed by atoms with E-state index in [0.717, 1.165) is 40.5 Å². The highest BCUT2D eigenvalue weighted by molar-refractivity contribution is 6.10. The molecule has 0 fully saturated rings. The summed E-state index contributed by atoms with van der Waals surface area (Å²) in [6.45, 7) is 7.92. The zero-order valence-electron chi connectivity index (χ0n) is 29.7. The van der Waals surface area contributed by atoms with E-state index in [2.05, 4.69) is 193 Å². The second-order valence-electron chi connectivity index (χ2n) is 14.5. The second kappa shape index (κ2) is 12.8. The van der Waals surface area contributed by atoms with Crippen LogP contribution in [0, 0.1) is 0 Å². The lowest BCUT2D eigenvalue weighted by Crippen LogP contribution is -2.23. The number of nitrogens with zero attached hydrogens (tertiary/aromatic N) is 4. The molecule has 8 aromatic rings. The van der Waals surface area contributed by atoms with E-state index in [9.17, 15) is 0 Å². The van der Waals surface area contributed by atoms with E-state index in [1.54, 1.807) is 0 Å². The van der Waals surface area contributed by atoms with Gasteiger partial charge < -0.3 is 14.5 Å². The summed E-state index contributed by atoms with van der Waals surface area (Å²) in [7, 11) is 0. The molecule has 2 aromatic heterocycles. The molecular weight excluding hydrogens is 637 g/mol. The van der Waals surface area contributed by atoms with Crippen molar-refractivity contribution >= 4 is 44.6 Å². The molecule has 5 heteroatoms. The maximum atomic E-state index is 6.57. The fourth-order valence-electron chi connectivity index (χ4n) is 7.40. The molecule has 0 bridgehead atoms. The van der Waals surface area contributed by atoms with Gasteiger partial charge in [0.2, 0.25) is 0 Å². The smallest absolute Gasteiger partial charge is 0.137 e. The van der Waals surface area contributed by atoms with E-state index in [0.29, 0.717) is 6.61 Å². The van der Waals surface area contributed by atoms with Gasteiger partial charge in [-0.1, -0.05) is 99.6 Å². The molecule has 5 nitrogen and oxygen atoms in total. The van der Waals surface area contributed by atoms with Crippen LogP contribution in [0.25, 0.3) is 38.8 Å². The monoisotopic (exact) mass is 676 g/mol. The lowest BCUT2D eigenvalue weighted by Gasteiger charge is -2.22. The van der Waals surface area contributed by atoms with E-state index >= 15 is 0 Å². The molecule has 3 heterocycles. The maximum absolute atomic E-state index is 6.57. The zero-order valence-corrected chi connectivity index (χ0v) is 29.7.